The minimum absolute atomic E-state index is 0.00439. The smallest absolute Gasteiger partial charge is 0.263 e. The summed E-state index contributed by atoms with van der Waals surface area (Å²) in [6.45, 7) is 0.489. The van der Waals surface area contributed by atoms with E-state index in [-0.39, 0.29) is 23.8 Å². The predicted octanol–water partition coefficient (Wildman–Crippen LogP) is 3.31. The average molecular weight is 439 g/mol. The number of benzene rings is 1. The molecule has 154 valence electrons. The Morgan fingerprint density at radius 1 is 1.27 bits per heavy atom. The van der Waals surface area contributed by atoms with E-state index in [1.807, 2.05) is 36.4 Å². The quantitative estimate of drug-likeness (QED) is 0.347. The van der Waals surface area contributed by atoms with E-state index in [0.29, 0.717) is 18.1 Å². The van der Waals surface area contributed by atoms with Gasteiger partial charge in [0, 0.05) is 11.4 Å². The summed E-state index contributed by atoms with van der Waals surface area (Å²) >= 11 is 2.87. The molecule has 1 N–H and O–H groups in total. The van der Waals surface area contributed by atoms with Crippen molar-refractivity contribution >= 4 is 39.2 Å². The van der Waals surface area contributed by atoms with Crippen LogP contribution in [0.2, 0.25) is 0 Å². The number of nitriles is 1. The number of nitrogens with one attached hydrogen (secondary N) is 1. The monoisotopic (exact) mass is 438 g/mol. The second-order valence-corrected chi connectivity index (χ2v) is 9.23. The van der Waals surface area contributed by atoms with Crippen LogP contribution in [0.15, 0.2) is 40.3 Å². The van der Waals surface area contributed by atoms with Gasteiger partial charge in [-0.05, 0) is 43.2 Å². The molecule has 0 aliphatic heterocycles. The Kier molecular flexibility index (Phi) is 6.50. The number of aromatic nitrogens is 2. The Morgan fingerprint density at radius 3 is 2.87 bits per heavy atom. The number of thiophene rings is 1. The Morgan fingerprint density at radius 2 is 2.07 bits per heavy atom. The van der Waals surface area contributed by atoms with E-state index in [4.69, 9.17) is 10.2 Å². The molecule has 0 bridgehead atoms. The summed E-state index contributed by atoms with van der Waals surface area (Å²) in [7, 11) is 0. The van der Waals surface area contributed by atoms with E-state index in [1.165, 1.54) is 22.2 Å². The lowest BCUT2D eigenvalue weighted by Crippen LogP contribution is -2.27. The highest BCUT2D eigenvalue weighted by Crippen LogP contribution is 2.34. The second kappa shape index (κ2) is 9.45. The Hall–Kier alpha value is -2.63. The summed E-state index contributed by atoms with van der Waals surface area (Å²) in [5.74, 6) is -0.119. The summed E-state index contributed by atoms with van der Waals surface area (Å²) in [5, 5.41) is 12.5. The van der Waals surface area contributed by atoms with Crippen molar-refractivity contribution in [2.45, 2.75) is 43.8 Å². The van der Waals surface area contributed by atoms with Crippen LogP contribution in [0.3, 0.4) is 0 Å². The maximum atomic E-state index is 13.5. The molecule has 0 fully saturated rings. The number of amides is 1. The number of carbonyl (C=O) groups excluding carboxylic acids is 1. The van der Waals surface area contributed by atoms with Gasteiger partial charge in [0.05, 0.1) is 17.2 Å². The van der Waals surface area contributed by atoms with Crippen molar-refractivity contribution in [3.63, 3.8) is 0 Å². The highest BCUT2D eigenvalue weighted by Gasteiger charge is 2.22. The molecule has 8 heteroatoms. The van der Waals surface area contributed by atoms with Gasteiger partial charge in [-0.3, -0.25) is 14.2 Å². The number of carbonyl (C=O) groups is 1. The van der Waals surface area contributed by atoms with Crippen molar-refractivity contribution in [2.24, 2.45) is 0 Å². The first-order chi connectivity index (χ1) is 14.7. The summed E-state index contributed by atoms with van der Waals surface area (Å²) in [5.41, 5.74) is 2.32. The van der Waals surface area contributed by atoms with Crippen LogP contribution < -0.4 is 10.9 Å². The fourth-order valence-electron chi connectivity index (χ4n) is 3.73. The molecular formula is C22H22N4O2S2. The highest BCUT2D eigenvalue weighted by atomic mass is 32.2. The van der Waals surface area contributed by atoms with E-state index in [2.05, 4.69) is 5.32 Å². The fourth-order valence-corrected chi connectivity index (χ4v) is 5.89. The number of aryl methyl sites for hydroxylation is 3. The number of nitrogens with zero attached hydrogens (tertiary/aromatic N) is 3. The van der Waals surface area contributed by atoms with Crippen LogP contribution in [0.5, 0.6) is 0 Å². The molecule has 0 saturated carbocycles. The number of hydrogen-bond donors (Lipinski definition) is 1. The minimum Gasteiger partial charge on any atom is -0.342 e. The first-order valence-electron chi connectivity index (χ1n) is 10.0. The van der Waals surface area contributed by atoms with E-state index in [9.17, 15) is 9.59 Å². The van der Waals surface area contributed by atoms with Gasteiger partial charge in [-0.15, -0.1) is 11.3 Å². The van der Waals surface area contributed by atoms with Crippen LogP contribution in [0, 0.1) is 11.3 Å². The largest absolute Gasteiger partial charge is 0.342 e. The summed E-state index contributed by atoms with van der Waals surface area (Å²) < 4.78 is 1.72. The van der Waals surface area contributed by atoms with Gasteiger partial charge in [0.15, 0.2) is 5.16 Å². The maximum Gasteiger partial charge on any atom is 0.263 e. The molecule has 1 aromatic carbocycles. The van der Waals surface area contributed by atoms with Crippen molar-refractivity contribution in [1.82, 2.24) is 14.9 Å². The van der Waals surface area contributed by atoms with Crippen LogP contribution >= 0.6 is 23.1 Å². The second-order valence-electron chi connectivity index (χ2n) is 7.20. The van der Waals surface area contributed by atoms with Crippen LogP contribution in [0.4, 0.5) is 0 Å². The van der Waals surface area contributed by atoms with Crippen LogP contribution in [0.25, 0.3) is 10.2 Å². The normalized spacial score (nSPS) is 13.0. The fraction of sp³-hybridized carbons (Fsp3) is 0.364. The molecule has 1 aliphatic carbocycles. The average Bonchev–Trinajstić information content (AvgIpc) is 3.15. The van der Waals surface area contributed by atoms with E-state index >= 15 is 0 Å². The molecule has 2 aromatic heterocycles. The SMILES string of the molecule is N#CCNC(=O)CSc1nc2sc3c(c2c(=O)n1CCc1ccccc1)CCCC3. The first-order valence-corrected chi connectivity index (χ1v) is 11.8. The highest BCUT2D eigenvalue weighted by molar-refractivity contribution is 7.99. The molecule has 3 aromatic rings. The van der Waals surface area contributed by atoms with Gasteiger partial charge in [0.2, 0.25) is 5.91 Å². The Bertz CT molecular complexity index is 1160. The molecule has 6 nitrogen and oxygen atoms in total. The molecule has 30 heavy (non-hydrogen) atoms. The van der Waals surface area contributed by atoms with Gasteiger partial charge in [-0.2, -0.15) is 5.26 Å². The summed E-state index contributed by atoms with van der Waals surface area (Å²) in [6, 6.07) is 11.9. The lowest BCUT2D eigenvalue weighted by atomic mass is 9.97. The lowest BCUT2D eigenvalue weighted by Gasteiger charge is -2.13. The van der Waals surface area contributed by atoms with Crippen molar-refractivity contribution in [3.8, 4) is 6.07 Å². The Balaban J connectivity index is 1.68. The topological polar surface area (TPSA) is 87.8 Å². The predicted molar refractivity (Wildman–Crippen MR) is 120 cm³/mol. The van der Waals surface area contributed by atoms with Crippen molar-refractivity contribution in [2.75, 3.05) is 12.3 Å². The molecule has 0 unspecified atom stereocenters. The van der Waals surface area contributed by atoms with Crippen LogP contribution in [-0.4, -0.2) is 27.8 Å². The third kappa shape index (κ3) is 4.42. The Labute approximate surface area is 182 Å². The molecule has 0 atom stereocenters. The zero-order valence-electron chi connectivity index (χ0n) is 16.5. The van der Waals surface area contributed by atoms with Gasteiger partial charge in [0.25, 0.3) is 5.56 Å². The third-order valence-corrected chi connectivity index (χ3v) is 7.37. The first kappa shape index (κ1) is 20.6. The zero-order chi connectivity index (χ0) is 20.9. The molecule has 0 spiro atoms. The van der Waals surface area contributed by atoms with Crippen molar-refractivity contribution in [1.29, 1.82) is 5.26 Å². The number of fused-ring (bicyclic) bond motifs is 3. The number of rotatable bonds is 7. The zero-order valence-corrected chi connectivity index (χ0v) is 18.2. The number of thioether (sulfide) groups is 1. The van der Waals surface area contributed by atoms with Gasteiger partial charge in [-0.1, -0.05) is 42.1 Å². The summed E-state index contributed by atoms with van der Waals surface area (Å²) in [6.07, 6.45) is 4.93. The van der Waals surface area contributed by atoms with E-state index < -0.39 is 0 Å². The van der Waals surface area contributed by atoms with Crippen LogP contribution in [-0.2, 0) is 30.6 Å². The standard InChI is InChI=1S/C22H22N4O2S2/c23-11-12-24-18(27)14-29-22-25-20-19(16-8-4-5-9-17(16)30-20)21(28)26(22)13-10-15-6-2-1-3-7-15/h1-3,6-7H,4-5,8-10,12-14H2,(H,24,27). The third-order valence-electron chi connectivity index (χ3n) is 5.20. The van der Waals surface area contributed by atoms with Gasteiger partial charge in [0.1, 0.15) is 11.4 Å². The van der Waals surface area contributed by atoms with E-state index in [0.717, 1.165) is 41.5 Å². The molecule has 4 rings (SSSR count). The molecule has 2 heterocycles. The molecule has 1 amide bonds. The summed E-state index contributed by atoms with van der Waals surface area (Å²) in [4.78, 5) is 32.3. The maximum absolute atomic E-state index is 13.5. The number of hydrogen-bond acceptors (Lipinski definition) is 6. The van der Waals surface area contributed by atoms with E-state index in [1.54, 1.807) is 15.9 Å². The molecule has 0 radical (unpaired) electrons. The van der Waals surface area contributed by atoms with Crippen molar-refractivity contribution in [3.05, 3.63) is 56.7 Å². The van der Waals surface area contributed by atoms with Gasteiger partial charge in [-0.25, -0.2) is 4.98 Å². The van der Waals surface area contributed by atoms with Gasteiger partial charge >= 0.3 is 0 Å². The molecule has 0 saturated heterocycles. The van der Waals surface area contributed by atoms with Crippen molar-refractivity contribution < 1.29 is 4.79 Å². The van der Waals surface area contributed by atoms with Gasteiger partial charge < -0.3 is 5.32 Å². The lowest BCUT2D eigenvalue weighted by molar-refractivity contribution is -0.118. The van der Waals surface area contributed by atoms with Crippen LogP contribution in [0.1, 0.15) is 28.8 Å². The molecule has 1 aliphatic rings. The molecular weight excluding hydrogens is 416 g/mol. The minimum atomic E-state index is -0.240.